The first kappa shape index (κ1) is 20.2. The lowest BCUT2D eigenvalue weighted by Crippen LogP contribution is -2.45. The third-order valence-corrected chi connectivity index (χ3v) is 4.53. The third kappa shape index (κ3) is 5.18. The number of carbonyl (C=O) groups is 3. The van der Waals surface area contributed by atoms with Gasteiger partial charge >= 0.3 is 17.9 Å². The third-order valence-electron chi connectivity index (χ3n) is 3.42. The molecule has 2 heterocycles. The van der Waals surface area contributed by atoms with Crippen LogP contribution in [0, 0.1) is 0 Å². The Hall–Kier alpha value is -2.13. The highest BCUT2D eigenvalue weighted by molar-refractivity contribution is 8.14. The molecule has 0 radical (unpaired) electrons. The van der Waals surface area contributed by atoms with E-state index in [-0.39, 0.29) is 12.4 Å². The van der Waals surface area contributed by atoms with Gasteiger partial charge in [-0.15, -0.1) is 6.58 Å². The maximum Gasteiger partial charge on any atom is 0.307 e. The SMILES string of the molecule is C=CCCC1=NC2=C(OC(C)=O)[C@H](OC(C)=O)[C@@H](COC(C)=O)OC2S1. The van der Waals surface area contributed by atoms with Crippen LogP contribution in [-0.2, 0) is 33.3 Å². The van der Waals surface area contributed by atoms with Crippen molar-refractivity contribution in [3.8, 4) is 0 Å². The molecular weight excluding hydrogens is 362 g/mol. The standard InChI is InChI=1S/C17H21NO7S/c1-5-6-7-13-18-14-16(24-11(4)21)15(23-10(3)20)12(8-22-9(2)19)25-17(14)26-13/h5,12,15,17H,1,6-8H2,2-4H3/t12-,15-,17?/m1/s1. The van der Waals surface area contributed by atoms with Gasteiger partial charge in [-0.1, -0.05) is 17.8 Å². The predicted octanol–water partition coefficient (Wildman–Crippen LogP) is 2.09. The zero-order chi connectivity index (χ0) is 19.3. The molecule has 0 aromatic carbocycles. The van der Waals surface area contributed by atoms with Crippen molar-refractivity contribution in [3.05, 3.63) is 24.1 Å². The van der Waals surface area contributed by atoms with Crippen LogP contribution in [0.15, 0.2) is 29.1 Å². The maximum absolute atomic E-state index is 11.6. The number of fused-ring (bicyclic) bond motifs is 1. The Kier molecular flexibility index (Phi) is 6.98. The van der Waals surface area contributed by atoms with Crippen molar-refractivity contribution in [3.63, 3.8) is 0 Å². The van der Waals surface area contributed by atoms with Crippen molar-refractivity contribution in [2.24, 2.45) is 4.99 Å². The van der Waals surface area contributed by atoms with E-state index in [1.54, 1.807) is 6.08 Å². The molecule has 0 aromatic heterocycles. The van der Waals surface area contributed by atoms with E-state index in [0.29, 0.717) is 12.1 Å². The van der Waals surface area contributed by atoms with E-state index < -0.39 is 35.6 Å². The highest BCUT2D eigenvalue weighted by Gasteiger charge is 2.45. The second kappa shape index (κ2) is 9.00. The fourth-order valence-corrected chi connectivity index (χ4v) is 3.55. The fraction of sp³-hybridized carbons (Fsp3) is 0.529. The molecule has 0 spiro atoms. The Morgan fingerprint density at radius 2 is 1.96 bits per heavy atom. The zero-order valence-corrected chi connectivity index (χ0v) is 15.7. The monoisotopic (exact) mass is 383 g/mol. The van der Waals surface area contributed by atoms with Crippen LogP contribution in [0.2, 0.25) is 0 Å². The summed E-state index contributed by atoms with van der Waals surface area (Å²) in [4.78, 5) is 38.7. The van der Waals surface area contributed by atoms with E-state index in [1.165, 1.54) is 32.5 Å². The minimum absolute atomic E-state index is 0.113. The highest BCUT2D eigenvalue weighted by Crippen LogP contribution is 2.41. The van der Waals surface area contributed by atoms with E-state index in [9.17, 15) is 14.4 Å². The van der Waals surface area contributed by atoms with E-state index in [1.807, 2.05) is 0 Å². The molecule has 2 rings (SSSR count). The van der Waals surface area contributed by atoms with Gasteiger partial charge in [-0.05, 0) is 12.8 Å². The van der Waals surface area contributed by atoms with Gasteiger partial charge in [0, 0.05) is 20.8 Å². The molecule has 0 aliphatic carbocycles. The number of hydrogen-bond acceptors (Lipinski definition) is 9. The van der Waals surface area contributed by atoms with Crippen molar-refractivity contribution in [1.82, 2.24) is 0 Å². The summed E-state index contributed by atoms with van der Waals surface area (Å²) in [6, 6.07) is 0. The Morgan fingerprint density at radius 1 is 1.23 bits per heavy atom. The number of allylic oxidation sites excluding steroid dienone is 1. The summed E-state index contributed by atoms with van der Waals surface area (Å²) in [5, 5.41) is 0.796. The van der Waals surface area contributed by atoms with Gasteiger partial charge in [0.05, 0.1) is 5.04 Å². The van der Waals surface area contributed by atoms with Crippen molar-refractivity contribution in [2.45, 2.75) is 51.3 Å². The molecule has 142 valence electrons. The summed E-state index contributed by atoms with van der Waals surface area (Å²) in [6.45, 7) is 7.27. The summed E-state index contributed by atoms with van der Waals surface area (Å²) < 4.78 is 21.5. The summed E-state index contributed by atoms with van der Waals surface area (Å²) >= 11 is 1.37. The molecule has 0 N–H and O–H groups in total. The maximum atomic E-state index is 11.6. The lowest BCUT2D eigenvalue weighted by Gasteiger charge is -2.34. The van der Waals surface area contributed by atoms with Gasteiger partial charge < -0.3 is 18.9 Å². The first-order valence-electron chi connectivity index (χ1n) is 8.05. The number of rotatable bonds is 7. The van der Waals surface area contributed by atoms with Crippen LogP contribution in [-0.4, -0.2) is 47.2 Å². The van der Waals surface area contributed by atoms with Crippen LogP contribution in [0.5, 0.6) is 0 Å². The summed E-state index contributed by atoms with van der Waals surface area (Å²) in [6.07, 6.45) is 1.33. The quantitative estimate of drug-likeness (QED) is 0.374. The number of carbonyl (C=O) groups excluding carboxylic acids is 3. The van der Waals surface area contributed by atoms with Gasteiger partial charge in [0.25, 0.3) is 0 Å². The lowest BCUT2D eigenvalue weighted by molar-refractivity contribution is -0.169. The number of thioether (sulfide) groups is 1. The smallest absolute Gasteiger partial charge is 0.307 e. The van der Waals surface area contributed by atoms with Crippen LogP contribution < -0.4 is 0 Å². The molecule has 3 atom stereocenters. The number of hydrogen-bond donors (Lipinski definition) is 0. The molecule has 2 aliphatic heterocycles. The largest absolute Gasteiger partial charge is 0.463 e. The van der Waals surface area contributed by atoms with Crippen LogP contribution in [0.3, 0.4) is 0 Å². The summed E-state index contributed by atoms with van der Waals surface area (Å²) in [7, 11) is 0. The molecule has 0 saturated carbocycles. The fourth-order valence-electron chi connectivity index (χ4n) is 2.44. The van der Waals surface area contributed by atoms with E-state index in [4.69, 9.17) is 18.9 Å². The summed E-state index contributed by atoms with van der Waals surface area (Å²) in [5.74, 6) is -1.55. The second-order valence-corrected chi connectivity index (χ2v) is 6.77. The van der Waals surface area contributed by atoms with Crippen LogP contribution in [0.25, 0.3) is 0 Å². The normalized spacial score (nSPS) is 24.4. The first-order valence-corrected chi connectivity index (χ1v) is 8.93. The Bertz CT molecular complexity index is 670. The predicted molar refractivity (Wildman–Crippen MR) is 94.1 cm³/mol. The summed E-state index contributed by atoms with van der Waals surface area (Å²) in [5.41, 5.74) is -0.133. The van der Waals surface area contributed by atoms with Crippen molar-refractivity contribution in [1.29, 1.82) is 0 Å². The van der Waals surface area contributed by atoms with Gasteiger partial charge in [0.2, 0.25) is 0 Å². The van der Waals surface area contributed by atoms with Gasteiger partial charge in [-0.2, -0.15) is 0 Å². The Labute approximate surface area is 155 Å². The molecule has 26 heavy (non-hydrogen) atoms. The lowest BCUT2D eigenvalue weighted by atomic mass is 10.1. The molecular formula is C17H21NO7S. The average molecular weight is 383 g/mol. The average Bonchev–Trinajstić information content (AvgIpc) is 2.95. The van der Waals surface area contributed by atoms with Crippen molar-refractivity contribution >= 4 is 34.7 Å². The number of ether oxygens (including phenoxy) is 4. The topological polar surface area (TPSA) is 100 Å². The molecule has 1 unspecified atom stereocenters. The minimum atomic E-state index is -1.04. The Balaban J connectivity index is 2.36. The molecule has 0 saturated heterocycles. The molecule has 9 heteroatoms. The van der Waals surface area contributed by atoms with Crippen LogP contribution >= 0.6 is 11.8 Å². The van der Waals surface area contributed by atoms with Gasteiger partial charge in [0.1, 0.15) is 18.4 Å². The van der Waals surface area contributed by atoms with Crippen molar-refractivity contribution < 1.29 is 33.3 Å². The molecule has 0 amide bonds. The molecule has 8 nitrogen and oxygen atoms in total. The van der Waals surface area contributed by atoms with E-state index in [0.717, 1.165) is 11.5 Å². The van der Waals surface area contributed by atoms with Crippen LogP contribution in [0.1, 0.15) is 33.6 Å². The molecule has 0 bridgehead atoms. The molecule has 2 aliphatic rings. The first-order chi connectivity index (χ1) is 12.3. The van der Waals surface area contributed by atoms with E-state index >= 15 is 0 Å². The Morgan fingerprint density at radius 3 is 2.54 bits per heavy atom. The number of nitrogens with zero attached hydrogens (tertiary/aromatic N) is 1. The highest BCUT2D eigenvalue weighted by atomic mass is 32.2. The van der Waals surface area contributed by atoms with Gasteiger partial charge in [-0.25, -0.2) is 4.99 Å². The minimum Gasteiger partial charge on any atom is -0.463 e. The number of aliphatic imine (C=N–C) groups is 1. The number of esters is 3. The van der Waals surface area contributed by atoms with Crippen LogP contribution in [0.4, 0.5) is 0 Å². The molecule has 0 aromatic rings. The second-order valence-electron chi connectivity index (χ2n) is 5.63. The zero-order valence-electron chi connectivity index (χ0n) is 14.9. The van der Waals surface area contributed by atoms with Gasteiger partial charge in [0.15, 0.2) is 17.3 Å². The molecule has 0 fully saturated rings. The van der Waals surface area contributed by atoms with Crippen molar-refractivity contribution in [2.75, 3.05) is 6.61 Å². The van der Waals surface area contributed by atoms with Gasteiger partial charge in [-0.3, -0.25) is 14.4 Å². The van der Waals surface area contributed by atoms with E-state index in [2.05, 4.69) is 11.6 Å².